The largest absolute Gasteiger partial charge is 0.494 e. The van der Waals surface area contributed by atoms with Gasteiger partial charge in [0.15, 0.2) is 11.6 Å². The van der Waals surface area contributed by atoms with Crippen LogP contribution in [0.3, 0.4) is 0 Å². The van der Waals surface area contributed by atoms with E-state index in [4.69, 9.17) is 9.47 Å². The third-order valence-electron chi connectivity index (χ3n) is 8.20. The minimum absolute atomic E-state index is 0.0145. The minimum Gasteiger partial charge on any atom is -0.494 e. The van der Waals surface area contributed by atoms with E-state index >= 15 is 0 Å². The van der Waals surface area contributed by atoms with Crippen LogP contribution in [0.25, 0.3) is 22.3 Å². The maximum Gasteiger partial charge on any atom is 0.201 e. The molecule has 0 aromatic heterocycles. The van der Waals surface area contributed by atoms with Crippen LogP contribution in [0.2, 0.25) is 0 Å². The van der Waals surface area contributed by atoms with Crippen LogP contribution in [-0.2, 0) is 0 Å². The van der Waals surface area contributed by atoms with Gasteiger partial charge in [-0.25, -0.2) is 4.39 Å². The smallest absolute Gasteiger partial charge is 0.201 e. The highest BCUT2D eigenvalue weighted by molar-refractivity contribution is 5.71. The average Bonchev–Trinajstić information content (AvgIpc) is 3.03. The number of unbranched alkanes of at least 4 members (excludes halogenated alkanes) is 15. The first-order valence-corrected chi connectivity index (χ1v) is 17.1. The zero-order valence-electron chi connectivity index (χ0n) is 26.8. The van der Waals surface area contributed by atoms with E-state index in [1.54, 1.807) is 6.07 Å². The molecule has 3 rings (SSSR count). The highest BCUT2D eigenvalue weighted by atomic mass is 19.2. The van der Waals surface area contributed by atoms with Gasteiger partial charge in [-0.05, 0) is 53.8 Å². The standard InChI is InChI=1S/C39H54F2O2/c1-3-5-7-9-11-12-13-15-16-18-30-42-35-26-24-33(25-27-35)32-20-22-34(23-21-32)36-28-29-37(39(41)38(36)40)43-31-19-17-14-10-8-6-4-2/h20-29H,3-19,30-31H2,1-2H3. The number of hydrogen-bond donors (Lipinski definition) is 0. The van der Waals surface area contributed by atoms with Crippen LogP contribution in [0.1, 0.15) is 123 Å². The Morgan fingerprint density at radius 1 is 0.419 bits per heavy atom. The molecule has 2 nitrogen and oxygen atoms in total. The van der Waals surface area contributed by atoms with Crippen LogP contribution in [0.4, 0.5) is 8.78 Å². The second-order valence-electron chi connectivity index (χ2n) is 11.8. The van der Waals surface area contributed by atoms with Crippen molar-refractivity contribution in [1.29, 1.82) is 0 Å². The second-order valence-corrected chi connectivity index (χ2v) is 11.8. The van der Waals surface area contributed by atoms with Crippen LogP contribution < -0.4 is 9.47 Å². The monoisotopic (exact) mass is 592 g/mol. The van der Waals surface area contributed by atoms with Crippen molar-refractivity contribution >= 4 is 0 Å². The van der Waals surface area contributed by atoms with E-state index in [1.165, 1.54) is 89.5 Å². The summed E-state index contributed by atoms with van der Waals surface area (Å²) in [4.78, 5) is 0. The van der Waals surface area contributed by atoms with Gasteiger partial charge >= 0.3 is 0 Å². The van der Waals surface area contributed by atoms with Gasteiger partial charge in [0, 0.05) is 5.56 Å². The molecule has 0 N–H and O–H groups in total. The molecule has 0 bridgehead atoms. The van der Waals surface area contributed by atoms with E-state index < -0.39 is 11.6 Å². The van der Waals surface area contributed by atoms with Gasteiger partial charge in [-0.1, -0.05) is 147 Å². The molecule has 0 unspecified atom stereocenters. The molecule has 0 spiro atoms. The first-order chi connectivity index (χ1) is 21.1. The van der Waals surface area contributed by atoms with Crippen LogP contribution in [0.15, 0.2) is 60.7 Å². The molecular weight excluding hydrogens is 538 g/mol. The molecule has 0 amide bonds. The minimum atomic E-state index is -0.919. The number of rotatable bonds is 23. The molecule has 0 atom stereocenters. The van der Waals surface area contributed by atoms with E-state index in [1.807, 2.05) is 48.5 Å². The first-order valence-electron chi connectivity index (χ1n) is 17.1. The summed E-state index contributed by atoms with van der Waals surface area (Å²) in [6.07, 6.45) is 21.2. The van der Waals surface area contributed by atoms with Crippen LogP contribution >= 0.6 is 0 Å². The lowest BCUT2D eigenvalue weighted by molar-refractivity contribution is 0.285. The van der Waals surface area contributed by atoms with E-state index in [9.17, 15) is 8.78 Å². The lowest BCUT2D eigenvalue weighted by Crippen LogP contribution is -2.01. The summed E-state index contributed by atoms with van der Waals surface area (Å²) < 4.78 is 41.2. The maximum atomic E-state index is 15.0. The van der Waals surface area contributed by atoms with Crippen molar-refractivity contribution in [2.45, 2.75) is 123 Å². The molecule has 0 fully saturated rings. The lowest BCUT2D eigenvalue weighted by Gasteiger charge is -2.11. The molecule has 0 heterocycles. The average molecular weight is 593 g/mol. The molecule has 0 aliphatic rings. The summed E-state index contributed by atoms with van der Waals surface area (Å²) in [5.74, 6) is -0.922. The third-order valence-corrected chi connectivity index (χ3v) is 8.20. The number of ether oxygens (including phenoxy) is 2. The Morgan fingerprint density at radius 3 is 1.35 bits per heavy atom. The van der Waals surface area contributed by atoms with Gasteiger partial charge in [0.2, 0.25) is 5.82 Å². The van der Waals surface area contributed by atoms with Gasteiger partial charge in [-0.2, -0.15) is 4.39 Å². The van der Waals surface area contributed by atoms with Crippen molar-refractivity contribution in [3.05, 3.63) is 72.3 Å². The molecule has 4 heteroatoms. The lowest BCUT2D eigenvalue weighted by atomic mass is 9.99. The highest BCUT2D eigenvalue weighted by Gasteiger charge is 2.16. The molecular formula is C39H54F2O2. The summed E-state index contributed by atoms with van der Waals surface area (Å²) >= 11 is 0. The van der Waals surface area contributed by atoms with Crippen molar-refractivity contribution in [2.24, 2.45) is 0 Å². The zero-order valence-corrected chi connectivity index (χ0v) is 26.8. The predicted molar refractivity (Wildman–Crippen MR) is 178 cm³/mol. The van der Waals surface area contributed by atoms with Gasteiger partial charge in [0.1, 0.15) is 5.75 Å². The molecule has 0 saturated carbocycles. The summed E-state index contributed by atoms with van der Waals surface area (Å²) in [7, 11) is 0. The van der Waals surface area contributed by atoms with Crippen LogP contribution in [-0.4, -0.2) is 13.2 Å². The van der Waals surface area contributed by atoms with Gasteiger partial charge in [0.25, 0.3) is 0 Å². The zero-order chi connectivity index (χ0) is 30.5. The summed E-state index contributed by atoms with van der Waals surface area (Å²) in [6, 6.07) is 18.8. The normalized spacial score (nSPS) is 11.2. The van der Waals surface area contributed by atoms with Crippen LogP contribution in [0, 0.1) is 11.6 Å². The molecule has 0 aliphatic carbocycles. The fraction of sp³-hybridized carbons (Fsp3) is 0.538. The molecule has 0 radical (unpaired) electrons. The predicted octanol–water partition coefficient (Wildman–Crippen LogP) is 12.7. The maximum absolute atomic E-state index is 15.0. The Labute approximate surface area is 260 Å². The molecule has 0 aliphatic heterocycles. The van der Waals surface area contributed by atoms with Crippen molar-refractivity contribution in [2.75, 3.05) is 13.2 Å². The Kier molecular flexibility index (Phi) is 16.8. The number of halogens is 2. The second kappa shape index (κ2) is 20.9. The number of hydrogen-bond acceptors (Lipinski definition) is 2. The molecule has 236 valence electrons. The van der Waals surface area contributed by atoms with Gasteiger partial charge in [-0.3, -0.25) is 0 Å². The molecule has 43 heavy (non-hydrogen) atoms. The van der Waals surface area contributed by atoms with E-state index in [0.717, 1.165) is 49.2 Å². The fourth-order valence-electron chi connectivity index (χ4n) is 5.47. The van der Waals surface area contributed by atoms with E-state index in [0.29, 0.717) is 12.2 Å². The molecule has 0 saturated heterocycles. The van der Waals surface area contributed by atoms with Crippen molar-refractivity contribution in [1.82, 2.24) is 0 Å². The summed E-state index contributed by atoms with van der Waals surface area (Å²) in [5.41, 5.74) is 2.94. The van der Waals surface area contributed by atoms with Crippen molar-refractivity contribution in [3.63, 3.8) is 0 Å². The summed E-state index contributed by atoms with van der Waals surface area (Å²) in [5, 5.41) is 0. The van der Waals surface area contributed by atoms with Gasteiger partial charge in [-0.15, -0.1) is 0 Å². The molecule has 3 aromatic carbocycles. The van der Waals surface area contributed by atoms with Gasteiger partial charge < -0.3 is 9.47 Å². The third kappa shape index (κ3) is 12.7. The Hall–Kier alpha value is -2.88. The Morgan fingerprint density at radius 2 is 0.837 bits per heavy atom. The van der Waals surface area contributed by atoms with Crippen molar-refractivity contribution < 1.29 is 18.3 Å². The summed E-state index contributed by atoms with van der Waals surface area (Å²) in [6.45, 7) is 5.62. The Bertz CT molecular complexity index is 1140. The number of benzene rings is 3. The Balaban J connectivity index is 1.39. The first kappa shape index (κ1) is 34.6. The van der Waals surface area contributed by atoms with Gasteiger partial charge in [0.05, 0.1) is 13.2 Å². The quantitative estimate of drug-likeness (QED) is 0.102. The van der Waals surface area contributed by atoms with Crippen LogP contribution in [0.5, 0.6) is 11.5 Å². The SMILES string of the molecule is CCCCCCCCCCCCOc1ccc(-c2ccc(-c3ccc(OCCCCCCCCC)c(F)c3F)cc2)cc1. The topological polar surface area (TPSA) is 18.5 Å². The van der Waals surface area contributed by atoms with E-state index in [-0.39, 0.29) is 11.3 Å². The van der Waals surface area contributed by atoms with E-state index in [2.05, 4.69) is 13.8 Å². The molecule has 3 aromatic rings. The fourth-order valence-corrected chi connectivity index (χ4v) is 5.47. The van der Waals surface area contributed by atoms with Crippen molar-refractivity contribution in [3.8, 4) is 33.8 Å². The highest BCUT2D eigenvalue weighted by Crippen LogP contribution is 2.32.